The topological polar surface area (TPSA) is 64.8 Å². The van der Waals surface area contributed by atoms with Crippen molar-refractivity contribution in [1.29, 1.82) is 0 Å². The monoisotopic (exact) mass is 404 g/mol. The van der Waals surface area contributed by atoms with Crippen LogP contribution < -0.4 is 10.5 Å². The third-order valence-corrected chi connectivity index (χ3v) is 4.62. The SMILES string of the molecule is NC(=O)CN(CCOCc1ccccc1)Cc1ccc(OCc2ccccc2)cc1. The molecule has 30 heavy (non-hydrogen) atoms. The molecule has 5 nitrogen and oxygen atoms in total. The predicted molar refractivity (Wildman–Crippen MR) is 118 cm³/mol. The molecule has 0 saturated carbocycles. The Kier molecular flexibility index (Phi) is 8.45. The number of benzene rings is 3. The number of hydrogen-bond acceptors (Lipinski definition) is 4. The second-order valence-corrected chi connectivity index (χ2v) is 7.13. The second kappa shape index (κ2) is 11.8. The number of carbonyl (C=O) groups excluding carboxylic acids is 1. The fraction of sp³-hybridized carbons (Fsp3) is 0.240. The van der Waals surface area contributed by atoms with Crippen LogP contribution in [0.4, 0.5) is 0 Å². The van der Waals surface area contributed by atoms with Gasteiger partial charge in [0.2, 0.25) is 5.91 Å². The molecule has 5 heteroatoms. The van der Waals surface area contributed by atoms with Crippen LogP contribution in [0.15, 0.2) is 84.9 Å². The summed E-state index contributed by atoms with van der Waals surface area (Å²) in [5.74, 6) is 0.469. The van der Waals surface area contributed by atoms with E-state index in [1.54, 1.807) is 0 Å². The second-order valence-electron chi connectivity index (χ2n) is 7.13. The highest BCUT2D eigenvalue weighted by Gasteiger charge is 2.10. The van der Waals surface area contributed by atoms with Crippen LogP contribution in [0.3, 0.4) is 0 Å². The molecule has 0 radical (unpaired) electrons. The summed E-state index contributed by atoms with van der Waals surface area (Å²) in [5, 5.41) is 0. The molecular formula is C25H28N2O3. The first kappa shape index (κ1) is 21.6. The molecule has 0 aliphatic rings. The standard InChI is InChI=1S/C25H28N2O3/c26-25(28)18-27(15-16-29-19-22-7-3-1-4-8-22)17-21-11-13-24(14-12-21)30-20-23-9-5-2-6-10-23/h1-14H,15-20H2,(H2,26,28). The van der Waals surface area contributed by atoms with Gasteiger partial charge in [0.25, 0.3) is 0 Å². The summed E-state index contributed by atoms with van der Waals surface area (Å²) in [4.78, 5) is 13.4. The molecule has 1 amide bonds. The fourth-order valence-electron chi connectivity index (χ4n) is 3.08. The maximum Gasteiger partial charge on any atom is 0.231 e. The van der Waals surface area contributed by atoms with Crippen molar-refractivity contribution in [2.24, 2.45) is 5.73 Å². The highest BCUT2D eigenvalue weighted by atomic mass is 16.5. The lowest BCUT2D eigenvalue weighted by Crippen LogP contribution is -2.35. The molecule has 3 rings (SSSR count). The number of rotatable bonds is 12. The maximum absolute atomic E-state index is 11.4. The van der Waals surface area contributed by atoms with E-state index in [0.717, 1.165) is 22.4 Å². The Balaban J connectivity index is 1.46. The smallest absolute Gasteiger partial charge is 0.231 e. The zero-order valence-corrected chi connectivity index (χ0v) is 17.1. The summed E-state index contributed by atoms with van der Waals surface area (Å²) in [6, 6.07) is 28.0. The molecule has 0 aliphatic heterocycles. The Morgan fingerprint density at radius 3 is 1.97 bits per heavy atom. The molecule has 0 atom stereocenters. The largest absolute Gasteiger partial charge is 0.489 e. The normalized spacial score (nSPS) is 10.8. The van der Waals surface area contributed by atoms with E-state index in [1.807, 2.05) is 89.8 Å². The Morgan fingerprint density at radius 2 is 1.37 bits per heavy atom. The van der Waals surface area contributed by atoms with E-state index in [9.17, 15) is 4.79 Å². The van der Waals surface area contributed by atoms with Crippen LogP contribution in [-0.2, 0) is 29.3 Å². The first-order chi connectivity index (χ1) is 14.7. The first-order valence-corrected chi connectivity index (χ1v) is 10.1. The van der Waals surface area contributed by atoms with Crippen LogP contribution in [0.25, 0.3) is 0 Å². The Hall–Kier alpha value is -3.15. The summed E-state index contributed by atoms with van der Waals surface area (Å²) in [6.45, 7) is 3.06. The number of nitrogens with zero attached hydrogens (tertiary/aromatic N) is 1. The highest BCUT2D eigenvalue weighted by Crippen LogP contribution is 2.15. The van der Waals surface area contributed by atoms with E-state index >= 15 is 0 Å². The molecule has 0 unspecified atom stereocenters. The molecule has 0 aromatic heterocycles. The quantitative estimate of drug-likeness (QED) is 0.467. The Bertz CT molecular complexity index is 883. The number of primary amides is 1. The van der Waals surface area contributed by atoms with Gasteiger partial charge in [-0.2, -0.15) is 0 Å². The number of amides is 1. The lowest BCUT2D eigenvalue weighted by molar-refractivity contribution is -0.119. The van der Waals surface area contributed by atoms with Crippen molar-refractivity contribution >= 4 is 5.91 Å². The predicted octanol–water partition coefficient (Wildman–Crippen LogP) is 3.77. The van der Waals surface area contributed by atoms with E-state index in [2.05, 4.69) is 0 Å². The van der Waals surface area contributed by atoms with E-state index in [4.69, 9.17) is 15.2 Å². The molecule has 3 aromatic carbocycles. The molecule has 0 heterocycles. The number of nitrogens with two attached hydrogens (primary N) is 1. The van der Waals surface area contributed by atoms with Gasteiger partial charge in [0.15, 0.2) is 0 Å². The molecule has 0 aliphatic carbocycles. The van der Waals surface area contributed by atoms with Gasteiger partial charge in [0.05, 0.1) is 19.8 Å². The summed E-state index contributed by atoms with van der Waals surface area (Å²) in [5.41, 5.74) is 8.77. The minimum Gasteiger partial charge on any atom is -0.489 e. The van der Waals surface area contributed by atoms with E-state index in [0.29, 0.717) is 32.9 Å². The van der Waals surface area contributed by atoms with Gasteiger partial charge in [-0.25, -0.2) is 0 Å². The number of ether oxygens (including phenoxy) is 2. The molecule has 0 saturated heterocycles. The van der Waals surface area contributed by atoms with Gasteiger partial charge >= 0.3 is 0 Å². The number of carbonyl (C=O) groups is 1. The van der Waals surface area contributed by atoms with Gasteiger partial charge in [-0.15, -0.1) is 0 Å². The summed E-state index contributed by atoms with van der Waals surface area (Å²) >= 11 is 0. The third kappa shape index (κ3) is 7.70. The van der Waals surface area contributed by atoms with Gasteiger partial charge in [-0.3, -0.25) is 9.69 Å². The van der Waals surface area contributed by atoms with Crippen LogP contribution >= 0.6 is 0 Å². The zero-order valence-electron chi connectivity index (χ0n) is 17.1. The minimum atomic E-state index is -0.346. The van der Waals surface area contributed by atoms with Gasteiger partial charge in [-0.1, -0.05) is 72.8 Å². The molecule has 3 aromatic rings. The number of hydrogen-bond donors (Lipinski definition) is 1. The van der Waals surface area contributed by atoms with Crippen LogP contribution in [0.5, 0.6) is 5.75 Å². The van der Waals surface area contributed by atoms with Crippen LogP contribution in [0.1, 0.15) is 16.7 Å². The van der Waals surface area contributed by atoms with Crippen molar-refractivity contribution < 1.29 is 14.3 Å². The van der Waals surface area contributed by atoms with Gasteiger partial charge in [0, 0.05) is 13.1 Å². The average Bonchev–Trinajstić information content (AvgIpc) is 2.77. The van der Waals surface area contributed by atoms with Crippen molar-refractivity contribution in [3.63, 3.8) is 0 Å². The van der Waals surface area contributed by atoms with Gasteiger partial charge < -0.3 is 15.2 Å². The zero-order chi connectivity index (χ0) is 21.0. The lowest BCUT2D eigenvalue weighted by atomic mass is 10.2. The summed E-state index contributed by atoms with van der Waals surface area (Å²) < 4.78 is 11.6. The average molecular weight is 405 g/mol. The molecule has 156 valence electrons. The van der Waals surface area contributed by atoms with Crippen molar-refractivity contribution in [3.8, 4) is 5.75 Å². The third-order valence-electron chi connectivity index (χ3n) is 4.62. The molecular weight excluding hydrogens is 376 g/mol. The summed E-state index contributed by atoms with van der Waals surface area (Å²) in [6.07, 6.45) is 0. The fourth-order valence-corrected chi connectivity index (χ4v) is 3.08. The van der Waals surface area contributed by atoms with Crippen LogP contribution in [0.2, 0.25) is 0 Å². The van der Waals surface area contributed by atoms with Crippen molar-refractivity contribution in [1.82, 2.24) is 4.90 Å². The maximum atomic E-state index is 11.4. The van der Waals surface area contributed by atoms with Crippen LogP contribution in [0, 0.1) is 0 Å². The molecule has 0 fully saturated rings. The highest BCUT2D eigenvalue weighted by molar-refractivity contribution is 5.75. The Labute approximate surface area is 178 Å². The molecule has 2 N–H and O–H groups in total. The van der Waals surface area contributed by atoms with E-state index in [1.165, 1.54) is 0 Å². The minimum absolute atomic E-state index is 0.195. The van der Waals surface area contributed by atoms with Gasteiger partial charge in [0.1, 0.15) is 12.4 Å². The van der Waals surface area contributed by atoms with Crippen LogP contribution in [-0.4, -0.2) is 30.5 Å². The lowest BCUT2D eigenvalue weighted by Gasteiger charge is -2.21. The first-order valence-electron chi connectivity index (χ1n) is 10.1. The Morgan fingerprint density at radius 1 is 0.767 bits per heavy atom. The van der Waals surface area contributed by atoms with Crippen molar-refractivity contribution in [3.05, 3.63) is 102 Å². The van der Waals surface area contributed by atoms with E-state index < -0.39 is 0 Å². The van der Waals surface area contributed by atoms with Crippen molar-refractivity contribution in [2.75, 3.05) is 19.7 Å². The van der Waals surface area contributed by atoms with E-state index in [-0.39, 0.29) is 12.5 Å². The van der Waals surface area contributed by atoms with Gasteiger partial charge in [-0.05, 0) is 28.8 Å². The molecule has 0 bridgehead atoms. The summed E-state index contributed by atoms with van der Waals surface area (Å²) in [7, 11) is 0. The van der Waals surface area contributed by atoms with Crippen molar-refractivity contribution in [2.45, 2.75) is 19.8 Å². The molecule has 0 spiro atoms.